The Morgan fingerprint density at radius 1 is 0.364 bits per heavy atom. The van der Waals surface area contributed by atoms with Gasteiger partial charge in [0.05, 0.1) is 63.6 Å². The first-order chi connectivity index (χ1) is 51.5. The van der Waals surface area contributed by atoms with Crippen LogP contribution in [0, 0.1) is 5.92 Å². The average molecular weight is 1540 g/mol. The molecule has 588 valence electrons. The molecule has 0 saturated carbocycles. The van der Waals surface area contributed by atoms with Crippen LogP contribution in [-0.2, 0) is 138 Å². The van der Waals surface area contributed by atoms with Crippen molar-refractivity contribution in [2.24, 2.45) is 5.92 Å². The van der Waals surface area contributed by atoms with Crippen LogP contribution < -0.4 is 63.8 Å². The summed E-state index contributed by atoms with van der Waals surface area (Å²) in [7, 11) is 1.17. The van der Waals surface area contributed by atoms with Gasteiger partial charge in [0.2, 0.25) is 34.6 Å². The number of rotatable bonds is 22. The summed E-state index contributed by atoms with van der Waals surface area (Å²) in [5, 5.41) is 37.5. The number of ether oxygens (including phenoxy) is 11. The van der Waals surface area contributed by atoms with Crippen molar-refractivity contribution in [3.63, 3.8) is 0 Å². The van der Waals surface area contributed by atoms with Crippen LogP contribution in [-0.4, -0.2) is 144 Å². The Morgan fingerprint density at radius 2 is 0.591 bits per heavy atom. The van der Waals surface area contributed by atoms with Crippen LogP contribution in [0.5, 0.6) is 0 Å². The molecule has 6 amide bonds. The number of carboxylic acid groups (broad SMARTS) is 1. The quantitative estimate of drug-likeness (QED) is 0.0352. The predicted molar refractivity (Wildman–Crippen MR) is 372 cm³/mol. The normalized spacial score (nSPS) is 14.9. The number of carboxylic acids is 1. The molecule has 0 saturated heterocycles. The topological polar surface area (TPSA) is 573 Å². The molecule has 0 unspecified atom stereocenters. The molecule has 0 fully saturated rings. The number of esters is 11. The van der Waals surface area contributed by atoms with E-state index in [-0.39, 0.29) is 94.7 Å². The number of amides is 6. The van der Waals surface area contributed by atoms with Crippen molar-refractivity contribution in [2.45, 2.75) is 67.1 Å². The number of methoxy groups -OCH3 is 1. The van der Waals surface area contributed by atoms with E-state index in [4.69, 9.17) is 38.3 Å². The first kappa shape index (κ1) is 92.6. The van der Waals surface area contributed by atoms with E-state index in [1.165, 1.54) is 38.1 Å². The fourth-order valence-electron chi connectivity index (χ4n) is 6.01. The number of carbonyl (C=O) groups excluding carboxylic acids is 17. The monoisotopic (exact) mass is 1540 g/mol. The second-order valence-corrected chi connectivity index (χ2v) is 21.7. The SMILES string of the molecule is C=C1NC=C(OC(=O)/C=C/C(=O)O)C(=O)N1.C=C1NC=C(OC(=O)/C=C/C(=O)OC(C)(C)C)C(=O)N1.C=C1NC=C(OC(=O)/C=C/C(=O)OC(C)C)C(=O)N1.C=C1NC=C(OC(=O)/C=C/C(=O)OC)C(=O)N1.C=C1NC=C(OC(=O)/C=C/C(=O)OCC(C)C)C(=O)N1.C=C1NC=C(OC(=O)/C=C/C(=O)OCC)C(=O)N1. The van der Waals surface area contributed by atoms with Crippen LogP contribution in [0.15, 0.2) is 219 Å². The van der Waals surface area contributed by atoms with E-state index in [0.717, 1.165) is 67.0 Å². The highest BCUT2D eigenvalue weighted by Crippen LogP contribution is 2.11. The number of carbonyl (C=O) groups is 18. The van der Waals surface area contributed by atoms with E-state index in [1.54, 1.807) is 41.5 Å². The number of aliphatic carboxylic acids is 1. The van der Waals surface area contributed by atoms with Crippen LogP contribution in [0.4, 0.5) is 0 Å². The molecule has 42 heteroatoms. The van der Waals surface area contributed by atoms with Gasteiger partial charge in [-0.25, -0.2) is 57.5 Å². The van der Waals surface area contributed by atoms with Gasteiger partial charge in [-0.3, -0.25) is 28.8 Å². The van der Waals surface area contributed by atoms with Gasteiger partial charge in [0.1, 0.15) is 40.5 Å². The van der Waals surface area contributed by atoms with Crippen LogP contribution >= 0.6 is 0 Å². The Labute approximate surface area is 624 Å². The van der Waals surface area contributed by atoms with E-state index in [1.807, 2.05) is 13.8 Å². The molecular weight excluding hydrogens is 1460 g/mol. The largest absolute Gasteiger partial charge is 0.478 e. The summed E-state index contributed by atoms with van der Waals surface area (Å²) in [6, 6.07) is 0. The van der Waals surface area contributed by atoms with Crippen LogP contribution in [0.1, 0.15) is 55.4 Å². The molecule has 42 nitrogen and oxygen atoms in total. The minimum absolute atomic E-state index is 0.203. The summed E-state index contributed by atoms with van der Waals surface area (Å²) in [4.78, 5) is 201. The van der Waals surface area contributed by atoms with Gasteiger partial charge >= 0.3 is 71.6 Å². The smallest absolute Gasteiger partial charge is 0.336 e. The van der Waals surface area contributed by atoms with Gasteiger partial charge in [0, 0.05) is 72.9 Å². The van der Waals surface area contributed by atoms with Crippen molar-refractivity contribution in [3.05, 3.63) is 219 Å². The molecule has 6 rings (SSSR count). The van der Waals surface area contributed by atoms with Crippen LogP contribution in [0.3, 0.4) is 0 Å². The zero-order chi connectivity index (χ0) is 83.4. The second-order valence-electron chi connectivity index (χ2n) is 21.7. The van der Waals surface area contributed by atoms with Crippen molar-refractivity contribution in [1.29, 1.82) is 0 Å². The zero-order valence-corrected chi connectivity index (χ0v) is 60.0. The van der Waals surface area contributed by atoms with Crippen molar-refractivity contribution in [1.82, 2.24) is 63.8 Å². The van der Waals surface area contributed by atoms with Gasteiger partial charge in [0.25, 0.3) is 35.4 Å². The fourth-order valence-corrected chi connectivity index (χ4v) is 6.01. The molecule has 0 radical (unpaired) electrons. The molecule has 6 aliphatic heterocycles. The van der Waals surface area contributed by atoms with E-state index < -0.39 is 113 Å². The number of hydrogen-bond acceptors (Lipinski definition) is 35. The Balaban J connectivity index is 0.000000661. The highest BCUT2D eigenvalue weighted by Gasteiger charge is 2.25. The molecule has 110 heavy (non-hydrogen) atoms. The molecule has 0 aromatic heterocycles. The van der Waals surface area contributed by atoms with Crippen molar-refractivity contribution in [2.75, 3.05) is 20.3 Å². The molecule has 0 atom stereocenters. The number of hydrogen-bond donors (Lipinski definition) is 13. The van der Waals surface area contributed by atoms with Gasteiger partial charge in [-0.2, -0.15) is 0 Å². The summed E-state index contributed by atoms with van der Waals surface area (Å²) in [5.41, 5.74) is -0.651. The van der Waals surface area contributed by atoms with Crippen molar-refractivity contribution < 1.29 is 144 Å². The van der Waals surface area contributed by atoms with E-state index in [0.29, 0.717) is 12.2 Å². The first-order valence-electron chi connectivity index (χ1n) is 30.8. The van der Waals surface area contributed by atoms with Gasteiger partial charge in [-0.15, -0.1) is 0 Å². The fraction of sp³-hybridized carbons (Fsp3) is 0.206. The van der Waals surface area contributed by atoms with Gasteiger partial charge in [-0.1, -0.05) is 53.3 Å². The van der Waals surface area contributed by atoms with Gasteiger partial charge in [0.15, 0.2) is 0 Å². The van der Waals surface area contributed by atoms with Crippen molar-refractivity contribution in [3.8, 4) is 0 Å². The molecule has 0 aromatic rings. The van der Waals surface area contributed by atoms with E-state index in [2.05, 4.69) is 122 Å². The zero-order valence-electron chi connectivity index (χ0n) is 60.0. The molecular formula is C68H76N12O30. The molecule has 6 aliphatic rings. The molecule has 0 bridgehead atoms. The third-order valence-corrected chi connectivity index (χ3v) is 10.4. The third kappa shape index (κ3) is 42.2. The Kier molecular flexibility index (Phi) is 40.2. The van der Waals surface area contributed by atoms with Gasteiger partial charge < -0.3 is 121 Å². The predicted octanol–water partition coefficient (Wildman–Crippen LogP) is -0.980. The first-order valence-corrected chi connectivity index (χ1v) is 30.8. The Morgan fingerprint density at radius 3 is 0.809 bits per heavy atom. The number of nitrogens with one attached hydrogen (secondary N) is 12. The summed E-state index contributed by atoms with van der Waals surface area (Å²) < 4.78 is 51.5. The lowest BCUT2D eigenvalue weighted by Crippen LogP contribution is -2.36. The van der Waals surface area contributed by atoms with Crippen molar-refractivity contribution >= 4 is 107 Å². The standard InChI is InChI=1S/2C13H16N2O5.C12H14N2O5.C11H12N2O5.C10H10N2O5.C9H8N2O5/c1-8-14-7-9(12(18)15-8)19-10(16)5-6-11(17)20-13(2,3)4;1-8(2)7-19-11(16)4-5-12(17)20-10-6-14-9(3)15-13(10)18;1-7(2)18-10(15)4-5-11(16)19-9-6-13-8(3)14-12(9)17;1-3-17-9(14)4-5-10(15)18-8-6-12-7(2)13-11(8)16;1-6-11-5-7(10(15)12-6)17-9(14)4-3-8(13)16-2;1-5-10-4-6(9(15)11-5)16-8(14)3-2-7(12)13/h5-7,14H,1H2,2-4H3,(H,15,18);4-6,8,14H,3,7H2,1-2H3,(H,15,18);4-7,13H,3H2,1-2H3,(H,14,17);4-6,12H,2-3H2,1H3,(H,13,16);3-5,11H,1H2,2H3,(H,12,15);2-4,10H,1H2,(H,11,15)(H,12,13)/b6-5+;3*5-4+;4-3+;3-2+. The maximum absolute atomic E-state index is 11.4. The third-order valence-electron chi connectivity index (χ3n) is 10.4. The summed E-state index contributed by atoms with van der Waals surface area (Å²) in [6.45, 7) is 35.1. The molecule has 0 spiro atoms. The summed E-state index contributed by atoms with van der Waals surface area (Å²) in [6.07, 6.45) is 17.1. The summed E-state index contributed by atoms with van der Waals surface area (Å²) >= 11 is 0. The second kappa shape index (κ2) is 47.8. The molecule has 0 aliphatic carbocycles. The molecule has 6 heterocycles. The lowest BCUT2D eigenvalue weighted by Gasteiger charge is -2.18. The maximum atomic E-state index is 11.4. The average Bonchev–Trinajstić information content (AvgIpc) is 0.905. The minimum atomic E-state index is -1.29. The highest BCUT2D eigenvalue weighted by molar-refractivity contribution is 6.03. The van der Waals surface area contributed by atoms with Crippen LogP contribution in [0.2, 0.25) is 0 Å². The lowest BCUT2D eigenvalue weighted by molar-refractivity contribution is -0.149. The molecule has 13 N–H and O–H groups in total. The Bertz CT molecular complexity index is 4120. The maximum Gasteiger partial charge on any atom is 0.336 e. The summed E-state index contributed by atoms with van der Waals surface area (Å²) in [5.74, 6) is -13.1. The van der Waals surface area contributed by atoms with E-state index >= 15 is 0 Å². The highest BCUT2D eigenvalue weighted by atomic mass is 16.6. The van der Waals surface area contributed by atoms with E-state index in [9.17, 15) is 86.3 Å². The Hall–Kier alpha value is -15.4. The minimum Gasteiger partial charge on any atom is -0.478 e. The van der Waals surface area contributed by atoms with Gasteiger partial charge in [-0.05, 0) is 47.5 Å². The lowest BCUT2D eigenvalue weighted by atomic mass is 10.2. The van der Waals surface area contributed by atoms with Crippen LogP contribution in [0.25, 0.3) is 0 Å². The molecule has 0 aromatic carbocycles.